The molecule has 0 spiro atoms. The van der Waals surface area contributed by atoms with Crippen molar-refractivity contribution in [2.24, 2.45) is 16.5 Å². The van der Waals surface area contributed by atoms with E-state index in [0.717, 1.165) is 16.9 Å². The van der Waals surface area contributed by atoms with E-state index in [-0.39, 0.29) is 28.6 Å². The molecule has 1 heterocycles. The van der Waals surface area contributed by atoms with E-state index in [1.165, 1.54) is 0 Å². The van der Waals surface area contributed by atoms with Gasteiger partial charge in [-0.15, -0.1) is 0 Å². The summed E-state index contributed by atoms with van der Waals surface area (Å²) in [6, 6.07) is 5.94. The van der Waals surface area contributed by atoms with E-state index >= 15 is 0 Å². The molecule has 1 aromatic carbocycles. The number of guanidine groups is 1. The Hall–Kier alpha value is -3.07. The minimum absolute atomic E-state index is 0.0300. The van der Waals surface area contributed by atoms with E-state index in [4.69, 9.17) is 33.5 Å². The zero-order chi connectivity index (χ0) is 20.1. The summed E-state index contributed by atoms with van der Waals surface area (Å²) in [6.07, 6.45) is -0.188. The molecule has 0 aliphatic heterocycles. The van der Waals surface area contributed by atoms with Crippen LogP contribution in [0.2, 0.25) is 5.15 Å². The second-order valence-electron chi connectivity index (χ2n) is 5.97. The molecule has 1 aromatic heterocycles. The van der Waals surface area contributed by atoms with Crippen LogP contribution in [0.1, 0.15) is 28.5 Å². The van der Waals surface area contributed by atoms with Crippen molar-refractivity contribution in [3.05, 3.63) is 40.2 Å². The monoisotopic (exact) mass is 391 g/mol. The van der Waals surface area contributed by atoms with Crippen LogP contribution < -0.4 is 27.3 Å². The van der Waals surface area contributed by atoms with E-state index in [1.807, 2.05) is 39.0 Å². The van der Waals surface area contributed by atoms with Gasteiger partial charge in [0, 0.05) is 0 Å². The summed E-state index contributed by atoms with van der Waals surface area (Å²) in [4.78, 5) is 23.2. The SMILES string of the molecule is Cc1cccc(C)c1OC(C)CNc1nc(N)c(C(=O)N=C(N)N)nc1Cl. The number of hydrogen-bond donors (Lipinski definition) is 4. The van der Waals surface area contributed by atoms with Crippen LogP contribution >= 0.6 is 11.6 Å². The number of halogens is 1. The second kappa shape index (κ2) is 8.54. The molecule has 7 N–H and O–H groups in total. The fourth-order valence-electron chi connectivity index (χ4n) is 2.34. The number of para-hydroxylation sites is 1. The van der Waals surface area contributed by atoms with Gasteiger partial charge in [-0.3, -0.25) is 4.79 Å². The summed E-state index contributed by atoms with van der Waals surface area (Å²) in [6.45, 7) is 6.26. The summed E-state index contributed by atoms with van der Waals surface area (Å²) in [5, 5.41) is 2.98. The molecule has 0 fully saturated rings. The van der Waals surface area contributed by atoms with E-state index in [0.29, 0.717) is 6.54 Å². The van der Waals surface area contributed by atoms with Gasteiger partial charge in [0.25, 0.3) is 0 Å². The van der Waals surface area contributed by atoms with Crippen LogP contribution in [0.5, 0.6) is 5.75 Å². The number of aryl methyl sites for hydroxylation is 2. The molecule has 0 aliphatic rings. The lowest BCUT2D eigenvalue weighted by molar-refractivity contribution is 0.0998. The average molecular weight is 392 g/mol. The van der Waals surface area contributed by atoms with Crippen molar-refractivity contribution < 1.29 is 9.53 Å². The van der Waals surface area contributed by atoms with Gasteiger partial charge in [-0.1, -0.05) is 29.8 Å². The Labute approximate surface area is 162 Å². The first kappa shape index (κ1) is 20.2. The van der Waals surface area contributed by atoms with Crippen molar-refractivity contribution in [2.45, 2.75) is 26.9 Å². The average Bonchev–Trinajstić information content (AvgIpc) is 2.58. The highest BCUT2D eigenvalue weighted by Crippen LogP contribution is 2.24. The molecule has 1 amide bonds. The molecular formula is C17H22ClN7O2. The lowest BCUT2D eigenvalue weighted by Gasteiger charge is -2.19. The van der Waals surface area contributed by atoms with Crippen LogP contribution in [0.25, 0.3) is 0 Å². The summed E-state index contributed by atoms with van der Waals surface area (Å²) in [5.74, 6) is -0.300. The molecule has 27 heavy (non-hydrogen) atoms. The van der Waals surface area contributed by atoms with Gasteiger partial charge in [0.05, 0.1) is 6.54 Å². The fourth-order valence-corrected chi connectivity index (χ4v) is 2.53. The number of rotatable bonds is 6. The van der Waals surface area contributed by atoms with Gasteiger partial charge in [-0.05, 0) is 31.9 Å². The smallest absolute Gasteiger partial charge is 0.302 e. The second-order valence-corrected chi connectivity index (χ2v) is 6.33. The first-order valence-corrected chi connectivity index (χ1v) is 8.50. The van der Waals surface area contributed by atoms with Crippen LogP contribution in [0, 0.1) is 13.8 Å². The van der Waals surface area contributed by atoms with Crippen molar-refractivity contribution in [2.75, 3.05) is 17.6 Å². The van der Waals surface area contributed by atoms with Gasteiger partial charge in [-0.2, -0.15) is 4.99 Å². The first-order chi connectivity index (χ1) is 12.7. The van der Waals surface area contributed by atoms with E-state index < -0.39 is 11.9 Å². The molecule has 10 heteroatoms. The molecule has 0 saturated carbocycles. The normalized spacial score (nSPS) is 11.6. The molecule has 2 rings (SSSR count). The Morgan fingerprint density at radius 2 is 1.93 bits per heavy atom. The summed E-state index contributed by atoms with van der Waals surface area (Å²) in [5.41, 5.74) is 18.0. The molecule has 0 aliphatic carbocycles. The summed E-state index contributed by atoms with van der Waals surface area (Å²) < 4.78 is 5.99. The third-order valence-electron chi connectivity index (χ3n) is 3.60. The number of anilines is 2. The quantitative estimate of drug-likeness (QED) is 0.427. The van der Waals surface area contributed by atoms with Gasteiger partial charge < -0.3 is 27.3 Å². The van der Waals surface area contributed by atoms with Crippen LogP contribution in [0.4, 0.5) is 11.6 Å². The van der Waals surface area contributed by atoms with Gasteiger partial charge in [-0.25, -0.2) is 9.97 Å². The fraction of sp³-hybridized carbons (Fsp3) is 0.294. The topological polar surface area (TPSA) is 155 Å². The third-order valence-corrected chi connectivity index (χ3v) is 3.86. The highest BCUT2D eigenvalue weighted by molar-refractivity contribution is 6.32. The highest BCUT2D eigenvalue weighted by atomic mass is 35.5. The molecule has 144 valence electrons. The van der Waals surface area contributed by atoms with Gasteiger partial charge in [0.1, 0.15) is 11.9 Å². The van der Waals surface area contributed by atoms with Crippen molar-refractivity contribution >= 4 is 35.1 Å². The van der Waals surface area contributed by atoms with Crippen LogP contribution in [0.3, 0.4) is 0 Å². The minimum Gasteiger partial charge on any atom is -0.488 e. The molecular weight excluding hydrogens is 370 g/mol. The van der Waals surface area contributed by atoms with Gasteiger partial charge >= 0.3 is 5.91 Å². The number of amides is 1. The van der Waals surface area contributed by atoms with Crippen molar-refractivity contribution in [1.29, 1.82) is 0 Å². The van der Waals surface area contributed by atoms with E-state index in [9.17, 15) is 4.79 Å². The number of carbonyl (C=O) groups excluding carboxylic acids is 1. The Kier molecular flexibility index (Phi) is 6.40. The standard InChI is InChI=1S/C17H22ClN7O2/c1-8-5-4-6-9(2)12(8)27-10(3)7-22-15-13(18)23-11(14(19)24-15)16(26)25-17(20)21/h4-6,10H,7H2,1-3H3,(H3,19,22,24)(H4,20,21,25,26). The van der Waals surface area contributed by atoms with Crippen LogP contribution in [-0.2, 0) is 0 Å². The molecule has 1 unspecified atom stereocenters. The molecule has 0 radical (unpaired) electrons. The van der Waals surface area contributed by atoms with Gasteiger partial charge in [0.2, 0.25) is 0 Å². The minimum atomic E-state index is -0.819. The lowest BCUT2D eigenvalue weighted by atomic mass is 10.1. The van der Waals surface area contributed by atoms with Crippen LogP contribution in [-0.4, -0.2) is 34.5 Å². The number of nitrogens with zero attached hydrogens (tertiary/aromatic N) is 3. The van der Waals surface area contributed by atoms with Crippen molar-refractivity contribution in [3.63, 3.8) is 0 Å². The predicted molar refractivity (Wildman–Crippen MR) is 106 cm³/mol. The first-order valence-electron chi connectivity index (χ1n) is 8.12. The molecule has 1 atom stereocenters. The zero-order valence-corrected chi connectivity index (χ0v) is 16.0. The zero-order valence-electron chi connectivity index (χ0n) is 15.3. The molecule has 9 nitrogen and oxygen atoms in total. The van der Waals surface area contributed by atoms with E-state index in [1.54, 1.807) is 0 Å². The molecule has 0 saturated heterocycles. The largest absolute Gasteiger partial charge is 0.488 e. The van der Waals surface area contributed by atoms with Crippen LogP contribution in [0.15, 0.2) is 23.2 Å². The summed E-state index contributed by atoms with van der Waals surface area (Å²) >= 11 is 6.08. The maximum Gasteiger partial charge on any atom is 0.302 e. The Morgan fingerprint density at radius 1 is 1.30 bits per heavy atom. The third kappa shape index (κ3) is 5.20. The van der Waals surface area contributed by atoms with Crippen molar-refractivity contribution in [1.82, 2.24) is 9.97 Å². The number of benzene rings is 1. The molecule has 0 bridgehead atoms. The number of ether oxygens (including phenoxy) is 1. The van der Waals surface area contributed by atoms with Crippen molar-refractivity contribution in [3.8, 4) is 5.75 Å². The van der Waals surface area contributed by atoms with Gasteiger partial charge in [0.15, 0.2) is 28.4 Å². The predicted octanol–water partition coefficient (Wildman–Crippen LogP) is 1.62. The van der Waals surface area contributed by atoms with E-state index in [2.05, 4.69) is 20.3 Å². The Morgan fingerprint density at radius 3 is 2.52 bits per heavy atom. The maximum atomic E-state index is 11.8. The maximum absolute atomic E-state index is 11.8. The number of nitrogen functional groups attached to an aromatic ring is 1. The number of aliphatic imine (C=N–C) groups is 1. The number of nitrogens with two attached hydrogens (primary N) is 3. The molecule has 2 aromatic rings. The Balaban J connectivity index is 2.08. The number of hydrogen-bond acceptors (Lipinski definition) is 6. The Bertz CT molecular complexity index is 862. The lowest BCUT2D eigenvalue weighted by Crippen LogP contribution is -2.25. The number of aromatic nitrogens is 2. The highest BCUT2D eigenvalue weighted by Gasteiger charge is 2.17. The number of carbonyl (C=O) groups is 1. The summed E-state index contributed by atoms with van der Waals surface area (Å²) in [7, 11) is 0. The number of nitrogens with one attached hydrogen (secondary N) is 1.